The van der Waals surface area contributed by atoms with Gasteiger partial charge in [-0.1, -0.05) is 72.8 Å². The Bertz CT molecular complexity index is 1000. The Morgan fingerprint density at radius 1 is 0.633 bits per heavy atom. The maximum atomic E-state index is 10.3. The zero-order chi connectivity index (χ0) is 21.8. The molecule has 0 heterocycles. The Morgan fingerprint density at radius 3 is 1.17 bits per heavy atom. The number of rotatable bonds is 4. The van der Waals surface area contributed by atoms with Crippen molar-refractivity contribution in [2.45, 2.75) is 16.2 Å². The van der Waals surface area contributed by atoms with Gasteiger partial charge in [0.25, 0.3) is 0 Å². The Kier molecular flexibility index (Phi) is 13.7. The van der Waals surface area contributed by atoms with Crippen molar-refractivity contribution in [3.05, 3.63) is 109 Å². The van der Waals surface area contributed by atoms with Crippen molar-refractivity contribution in [3.8, 4) is 0 Å². The molecule has 0 spiro atoms. The van der Waals surface area contributed by atoms with Crippen LogP contribution in [0.15, 0.2) is 113 Å². The first-order chi connectivity index (χ1) is 13.6. The fourth-order valence-electron chi connectivity index (χ4n) is 1.96. The van der Waals surface area contributed by atoms with Crippen molar-refractivity contribution in [3.63, 3.8) is 0 Å². The van der Waals surface area contributed by atoms with Crippen molar-refractivity contribution in [2.24, 2.45) is 0 Å². The average Bonchev–Trinajstić information content (AvgIpc) is 2.70. The molecule has 0 fully saturated rings. The Labute approximate surface area is 207 Å². The molecule has 0 atom stereocenters. The molecule has 0 aliphatic carbocycles. The molecule has 3 aromatic rings. The van der Waals surface area contributed by atoms with Gasteiger partial charge < -0.3 is 9.11 Å². The van der Waals surface area contributed by atoms with E-state index in [1.807, 2.05) is 24.3 Å². The van der Waals surface area contributed by atoms with E-state index in [9.17, 15) is 25.9 Å². The van der Waals surface area contributed by atoms with Crippen LogP contribution >= 0.6 is 0 Å². The number of allylic oxidation sites excluding steroid dienone is 1. The Balaban J connectivity index is 0.000000414. The van der Waals surface area contributed by atoms with Gasteiger partial charge >= 0.3 is 37.7 Å². The van der Waals surface area contributed by atoms with E-state index in [0.29, 0.717) is 0 Å². The second kappa shape index (κ2) is 14.5. The molecule has 3 aromatic carbocycles. The van der Waals surface area contributed by atoms with Crippen molar-refractivity contribution in [1.29, 1.82) is 0 Å². The first kappa shape index (κ1) is 28.5. The van der Waals surface area contributed by atoms with Gasteiger partial charge in [-0.2, -0.15) is 0 Å². The predicted molar refractivity (Wildman–Crippen MR) is 115 cm³/mol. The van der Waals surface area contributed by atoms with Gasteiger partial charge in [-0.05, 0) is 36.2 Å². The summed E-state index contributed by atoms with van der Waals surface area (Å²) >= 11 is 0. The third-order valence-corrected chi connectivity index (χ3v) is 4.99. The van der Waals surface area contributed by atoms with Crippen LogP contribution in [0.3, 0.4) is 0 Å². The van der Waals surface area contributed by atoms with E-state index in [1.54, 1.807) is 12.1 Å². The van der Waals surface area contributed by atoms with E-state index in [0.717, 1.165) is 6.42 Å². The standard InChI is InChI=1S/C9H10.2C6H6O3S.Ca/c1-2-6-9-7-4-3-5-8-9;2*7-10(8,9)6-4-2-1-3-5-6;/h2-5,7-8H,1,6H2;2*1-5H,(H,7,8,9);/q;;;+2/p-2. The minimum Gasteiger partial charge on any atom is -0.744 e. The number of hydrogen-bond acceptors (Lipinski definition) is 6. The first-order valence-electron chi connectivity index (χ1n) is 8.31. The molecular formula is C21H20CaO6S2. The monoisotopic (exact) mass is 472 g/mol. The summed E-state index contributed by atoms with van der Waals surface area (Å²) in [5.74, 6) is 0. The minimum atomic E-state index is -4.25. The summed E-state index contributed by atoms with van der Waals surface area (Å²) in [6.07, 6.45) is 2.89. The molecule has 30 heavy (non-hydrogen) atoms. The van der Waals surface area contributed by atoms with Crippen LogP contribution in [-0.4, -0.2) is 63.7 Å². The molecule has 0 aromatic heterocycles. The van der Waals surface area contributed by atoms with Crippen LogP contribution in [0.25, 0.3) is 0 Å². The molecule has 0 aliphatic rings. The summed E-state index contributed by atoms with van der Waals surface area (Å²) in [6, 6.07) is 24.7. The van der Waals surface area contributed by atoms with Gasteiger partial charge in [0.1, 0.15) is 20.2 Å². The van der Waals surface area contributed by atoms with E-state index < -0.39 is 20.2 Å². The average molecular weight is 473 g/mol. The van der Waals surface area contributed by atoms with Crippen LogP contribution in [0, 0.1) is 0 Å². The zero-order valence-corrected chi connectivity index (χ0v) is 20.0. The molecule has 9 heteroatoms. The van der Waals surface area contributed by atoms with Crippen LogP contribution in [0.5, 0.6) is 0 Å². The summed E-state index contributed by atoms with van der Waals surface area (Å²) < 4.78 is 61.7. The summed E-state index contributed by atoms with van der Waals surface area (Å²) in [4.78, 5) is -0.370. The van der Waals surface area contributed by atoms with Crippen LogP contribution in [0.2, 0.25) is 0 Å². The second-order valence-corrected chi connectivity index (χ2v) is 8.27. The molecule has 0 N–H and O–H groups in total. The van der Waals surface area contributed by atoms with E-state index in [4.69, 9.17) is 0 Å². The molecule has 0 bridgehead atoms. The van der Waals surface area contributed by atoms with Gasteiger partial charge in [0.15, 0.2) is 0 Å². The maximum absolute atomic E-state index is 10.3. The second-order valence-electron chi connectivity index (χ2n) is 5.51. The normalized spacial score (nSPS) is 10.2. The van der Waals surface area contributed by atoms with Gasteiger partial charge in [-0.15, -0.1) is 6.58 Å². The fraction of sp³-hybridized carbons (Fsp3) is 0.0476. The van der Waals surface area contributed by atoms with Crippen molar-refractivity contribution >= 4 is 58.0 Å². The van der Waals surface area contributed by atoms with E-state index in [2.05, 4.69) is 18.7 Å². The third-order valence-electron chi connectivity index (χ3n) is 3.29. The van der Waals surface area contributed by atoms with Crippen molar-refractivity contribution < 1.29 is 25.9 Å². The summed E-state index contributed by atoms with van der Waals surface area (Å²) in [5.41, 5.74) is 1.33. The SMILES string of the molecule is C=CCc1ccccc1.O=S(=O)([O-])c1ccccc1.O=S(=O)([O-])c1ccccc1.[Ca+2]. The van der Waals surface area contributed by atoms with E-state index in [1.165, 1.54) is 54.1 Å². The molecule has 0 aliphatic heterocycles. The quantitative estimate of drug-likeness (QED) is 0.327. The molecular weight excluding hydrogens is 452 g/mol. The van der Waals surface area contributed by atoms with Gasteiger partial charge in [0, 0.05) is 0 Å². The minimum absolute atomic E-state index is 0. The molecule has 0 unspecified atom stereocenters. The van der Waals surface area contributed by atoms with Crippen LogP contribution in [-0.2, 0) is 26.7 Å². The fourth-order valence-corrected chi connectivity index (χ4v) is 2.94. The predicted octanol–water partition coefficient (Wildman–Crippen LogP) is 3.22. The van der Waals surface area contributed by atoms with Crippen molar-refractivity contribution in [2.75, 3.05) is 0 Å². The molecule has 3 rings (SSSR count). The largest absolute Gasteiger partial charge is 2.00 e. The summed E-state index contributed by atoms with van der Waals surface area (Å²) in [7, 11) is -8.51. The molecule has 0 saturated heterocycles. The summed E-state index contributed by atoms with van der Waals surface area (Å²) in [6.45, 7) is 3.66. The van der Waals surface area contributed by atoms with E-state index in [-0.39, 0.29) is 47.5 Å². The first-order valence-corrected chi connectivity index (χ1v) is 11.1. The molecule has 0 saturated carbocycles. The van der Waals surface area contributed by atoms with Gasteiger partial charge in [-0.25, -0.2) is 16.8 Å². The van der Waals surface area contributed by atoms with Gasteiger partial charge in [0.2, 0.25) is 0 Å². The summed E-state index contributed by atoms with van der Waals surface area (Å²) in [5, 5.41) is 0. The zero-order valence-electron chi connectivity index (χ0n) is 16.1. The molecule has 0 amide bonds. The van der Waals surface area contributed by atoms with Crippen molar-refractivity contribution in [1.82, 2.24) is 0 Å². The van der Waals surface area contributed by atoms with Crippen LogP contribution in [0.1, 0.15) is 5.56 Å². The third kappa shape index (κ3) is 12.2. The van der Waals surface area contributed by atoms with Crippen LogP contribution < -0.4 is 0 Å². The smallest absolute Gasteiger partial charge is 0.744 e. The van der Waals surface area contributed by atoms with Crippen LogP contribution in [0.4, 0.5) is 0 Å². The van der Waals surface area contributed by atoms with E-state index >= 15 is 0 Å². The molecule has 6 nitrogen and oxygen atoms in total. The molecule has 154 valence electrons. The van der Waals surface area contributed by atoms with Gasteiger partial charge in [-0.3, -0.25) is 0 Å². The Hall–Kier alpha value is -1.52. The number of benzene rings is 3. The number of hydrogen-bond donors (Lipinski definition) is 0. The maximum Gasteiger partial charge on any atom is 2.00 e. The van der Waals surface area contributed by atoms with Gasteiger partial charge in [0.05, 0.1) is 9.79 Å². The topological polar surface area (TPSA) is 114 Å². The Morgan fingerprint density at radius 2 is 0.933 bits per heavy atom. The molecule has 0 radical (unpaired) electrons.